The van der Waals surface area contributed by atoms with Gasteiger partial charge in [-0.1, -0.05) is 23.7 Å². The molecule has 13 heteroatoms. The molecule has 0 bridgehead atoms. The smallest absolute Gasteiger partial charge is 0.433 e. The number of hydrogen-bond acceptors (Lipinski definition) is 7. The maximum atomic E-state index is 13.7. The summed E-state index contributed by atoms with van der Waals surface area (Å²) in [5.41, 5.74) is -1.10. The van der Waals surface area contributed by atoms with E-state index in [0.717, 1.165) is 11.8 Å². The summed E-state index contributed by atoms with van der Waals surface area (Å²) in [5, 5.41) is 0.740. The number of amides is 2. The van der Waals surface area contributed by atoms with E-state index < -0.39 is 29.6 Å². The first-order valence-corrected chi connectivity index (χ1v) is 14.9. The van der Waals surface area contributed by atoms with Gasteiger partial charge in [0.25, 0.3) is 0 Å². The second-order valence-corrected chi connectivity index (χ2v) is 12.8. The van der Waals surface area contributed by atoms with Crippen molar-refractivity contribution in [1.82, 2.24) is 19.7 Å². The van der Waals surface area contributed by atoms with Crippen molar-refractivity contribution in [2.75, 3.05) is 55.8 Å². The molecule has 0 unspecified atom stereocenters. The number of fused-ring (bicyclic) bond motifs is 1. The van der Waals surface area contributed by atoms with Crippen molar-refractivity contribution in [2.45, 2.75) is 51.1 Å². The van der Waals surface area contributed by atoms with E-state index in [1.54, 1.807) is 54.5 Å². The van der Waals surface area contributed by atoms with Gasteiger partial charge in [0.2, 0.25) is 5.91 Å². The van der Waals surface area contributed by atoms with Gasteiger partial charge in [0, 0.05) is 62.1 Å². The van der Waals surface area contributed by atoms with E-state index >= 15 is 0 Å². The molecule has 0 spiro atoms. The number of likely N-dealkylation sites (tertiary alicyclic amines) is 1. The highest BCUT2D eigenvalue weighted by Gasteiger charge is 2.45. The Morgan fingerprint density at radius 3 is 2.45 bits per heavy atom. The van der Waals surface area contributed by atoms with Crippen molar-refractivity contribution >= 4 is 52.0 Å². The number of rotatable bonds is 3. The van der Waals surface area contributed by atoms with Crippen LogP contribution in [0.4, 0.5) is 23.7 Å². The van der Waals surface area contributed by atoms with Gasteiger partial charge in [-0.15, -0.1) is 11.8 Å². The average molecular weight is 600 g/mol. The summed E-state index contributed by atoms with van der Waals surface area (Å²) < 4.78 is 46.7. The molecule has 0 N–H and O–H groups in total. The number of thioether (sulfide) groups is 1. The lowest BCUT2D eigenvalue weighted by molar-refractivity contribution is -0.141. The minimum atomic E-state index is -4.60. The second kappa shape index (κ2) is 11.1. The number of carbonyl (C=O) groups excluding carboxylic acids is 2. The van der Waals surface area contributed by atoms with Crippen LogP contribution < -0.4 is 4.90 Å². The monoisotopic (exact) mass is 599 g/mol. The summed E-state index contributed by atoms with van der Waals surface area (Å²) in [7, 11) is 0. The number of benzene rings is 1. The number of halogens is 4. The highest BCUT2D eigenvalue weighted by Crippen LogP contribution is 2.37. The van der Waals surface area contributed by atoms with Gasteiger partial charge in [0.05, 0.1) is 16.4 Å². The van der Waals surface area contributed by atoms with Crippen molar-refractivity contribution in [3.05, 3.63) is 35.0 Å². The fourth-order valence-electron chi connectivity index (χ4n) is 5.56. The molecule has 1 aromatic heterocycles. The molecule has 3 aliphatic heterocycles. The van der Waals surface area contributed by atoms with Gasteiger partial charge in [0.1, 0.15) is 17.3 Å². The number of nitrogens with zero attached hydrogens (tertiary/aromatic N) is 5. The van der Waals surface area contributed by atoms with E-state index in [1.165, 1.54) is 6.07 Å². The first kappa shape index (κ1) is 29.1. The summed E-state index contributed by atoms with van der Waals surface area (Å²) in [5.74, 6) is 1.43. The van der Waals surface area contributed by atoms with Gasteiger partial charge in [-0.05, 0) is 39.3 Å². The second-order valence-electron chi connectivity index (χ2n) is 11.4. The summed E-state index contributed by atoms with van der Waals surface area (Å²) in [6, 6.07) is 5.41. The lowest BCUT2D eigenvalue weighted by atomic mass is 10.1. The molecule has 218 valence electrons. The number of alkyl halides is 3. The number of piperazine rings is 1. The minimum absolute atomic E-state index is 0.0585. The minimum Gasteiger partial charge on any atom is -0.444 e. The Morgan fingerprint density at radius 2 is 1.82 bits per heavy atom. The number of para-hydroxylation sites is 1. The molecular weight excluding hydrogens is 567 g/mol. The predicted molar refractivity (Wildman–Crippen MR) is 150 cm³/mol. The Bertz CT molecular complexity index is 1280. The zero-order valence-corrected chi connectivity index (χ0v) is 24.3. The van der Waals surface area contributed by atoms with Crippen LogP contribution in [0.15, 0.2) is 24.3 Å². The quantitative estimate of drug-likeness (QED) is 0.495. The number of hydrogen-bond donors (Lipinski definition) is 0. The zero-order chi connectivity index (χ0) is 28.8. The zero-order valence-electron chi connectivity index (χ0n) is 22.7. The van der Waals surface area contributed by atoms with E-state index in [4.69, 9.17) is 16.3 Å². The SMILES string of the molecule is CC(C)(C)OC(=O)N1C[C@@H](N2CCN(c3cc(C(F)(F)F)nc4c(Cl)cccc34)CC2)C[C@H]1C(=O)N1CCSC1. The summed E-state index contributed by atoms with van der Waals surface area (Å²) in [6.45, 7) is 8.51. The van der Waals surface area contributed by atoms with Crippen LogP contribution in [0.25, 0.3) is 10.9 Å². The summed E-state index contributed by atoms with van der Waals surface area (Å²) >= 11 is 7.92. The van der Waals surface area contributed by atoms with Gasteiger partial charge in [-0.25, -0.2) is 9.78 Å². The molecule has 0 aliphatic carbocycles. The molecule has 5 rings (SSSR count). The molecular formula is C27H33ClF3N5O3S. The van der Waals surface area contributed by atoms with Crippen LogP contribution in [0.5, 0.6) is 0 Å². The van der Waals surface area contributed by atoms with Crippen LogP contribution >= 0.6 is 23.4 Å². The Kier molecular flexibility index (Phi) is 8.06. The molecule has 3 fully saturated rings. The Labute approximate surface area is 240 Å². The fourth-order valence-corrected chi connectivity index (χ4v) is 6.74. The van der Waals surface area contributed by atoms with Gasteiger partial charge >= 0.3 is 12.3 Å². The van der Waals surface area contributed by atoms with Gasteiger partial charge < -0.3 is 14.5 Å². The molecule has 3 aliphatic rings. The predicted octanol–water partition coefficient (Wildman–Crippen LogP) is 4.94. The largest absolute Gasteiger partial charge is 0.444 e. The topological polar surface area (TPSA) is 69.2 Å². The van der Waals surface area contributed by atoms with Crippen LogP contribution in [-0.2, 0) is 15.7 Å². The van der Waals surface area contributed by atoms with Gasteiger partial charge in [0.15, 0.2) is 0 Å². The van der Waals surface area contributed by atoms with Crippen LogP contribution in [0, 0.1) is 0 Å². The van der Waals surface area contributed by atoms with Gasteiger partial charge in [-0.2, -0.15) is 13.2 Å². The maximum Gasteiger partial charge on any atom is 0.433 e. The molecule has 2 aromatic rings. The Balaban J connectivity index is 1.33. The average Bonchev–Trinajstić information content (AvgIpc) is 3.58. The van der Waals surface area contributed by atoms with E-state index in [2.05, 4.69) is 9.88 Å². The highest BCUT2D eigenvalue weighted by atomic mass is 35.5. The first-order chi connectivity index (χ1) is 18.8. The van der Waals surface area contributed by atoms with Crippen LogP contribution in [0.3, 0.4) is 0 Å². The molecule has 40 heavy (non-hydrogen) atoms. The van der Waals surface area contributed by atoms with Crippen molar-refractivity contribution < 1.29 is 27.5 Å². The third kappa shape index (κ3) is 6.08. The highest BCUT2D eigenvalue weighted by molar-refractivity contribution is 7.99. The van der Waals surface area contributed by atoms with E-state index in [9.17, 15) is 22.8 Å². The first-order valence-electron chi connectivity index (χ1n) is 13.3. The van der Waals surface area contributed by atoms with Gasteiger partial charge in [-0.3, -0.25) is 14.6 Å². The number of ether oxygens (including phenoxy) is 1. The lowest BCUT2D eigenvalue weighted by Gasteiger charge is -2.39. The van der Waals surface area contributed by atoms with Crippen molar-refractivity contribution in [3.8, 4) is 0 Å². The third-order valence-electron chi connectivity index (χ3n) is 7.49. The molecule has 0 radical (unpaired) electrons. The van der Waals surface area contributed by atoms with E-state index in [-0.39, 0.29) is 22.5 Å². The molecule has 2 atom stereocenters. The van der Waals surface area contributed by atoms with Crippen molar-refractivity contribution in [3.63, 3.8) is 0 Å². The van der Waals surface area contributed by atoms with Crippen LogP contribution in [-0.4, -0.2) is 100 Å². The maximum absolute atomic E-state index is 13.7. The number of aromatic nitrogens is 1. The molecule has 8 nitrogen and oxygen atoms in total. The van der Waals surface area contributed by atoms with Crippen molar-refractivity contribution in [2.24, 2.45) is 0 Å². The lowest BCUT2D eigenvalue weighted by Crippen LogP contribution is -2.51. The van der Waals surface area contributed by atoms with Crippen LogP contribution in [0.2, 0.25) is 5.02 Å². The standard InChI is InChI=1S/C27H33ClF3N5O3S/c1-26(2,3)39-25(38)36-15-17(13-21(36)24(37)35-11-12-40-16-35)33-7-9-34(10-8-33)20-14-22(27(29,30)31)32-23-18(20)5-4-6-19(23)28/h4-6,14,17,21H,7-13,15-16H2,1-3H3/t17-,21-/m0/s1. The number of pyridine rings is 1. The summed E-state index contributed by atoms with van der Waals surface area (Å²) in [4.78, 5) is 37.8. The normalized spacial score (nSPS) is 22.8. The molecule has 0 saturated carbocycles. The van der Waals surface area contributed by atoms with Crippen molar-refractivity contribution in [1.29, 1.82) is 0 Å². The molecule has 2 amide bonds. The summed E-state index contributed by atoms with van der Waals surface area (Å²) in [6.07, 6.45) is -4.61. The Morgan fingerprint density at radius 1 is 1.10 bits per heavy atom. The number of anilines is 1. The fraction of sp³-hybridized carbons (Fsp3) is 0.593. The molecule has 4 heterocycles. The van der Waals surface area contributed by atoms with Crippen LogP contribution in [0.1, 0.15) is 32.9 Å². The molecule has 1 aromatic carbocycles. The van der Waals surface area contributed by atoms with E-state index in [0.29, 0.717) is 62.6 Å². The third-order valence-corrected chi connectivity index (χ3v) is 8.76. The molecule has 3 saturated heterocycles. The Hall–Kier alpha value is -2.44. The number of carbonyl (C=O) groups is 2. The van der Waals surface area contributed by atoms with E-state index in [1.807, 2.05) is 4.90 Å².